The molecule has 206 valence electrons. The predicted octanol–water partition coefficient (Wildman–Crippen LogP) is 5.42. The zero-order valence-electron chi connectivity index (χ0n) is 22.1. The van der Waals surface area contributed by atoms with Gasteiger partial charge in [-0.15, -0.1) is 0 Å². The molecule has 11 heteroatoms. The Morgan fingerprint density at radius 2 is 1.60 bits per heavy atom. The summed E-state index contributed by atoms with van der Waals surface area (Å²) in [5.41, 5.74) is 4.60. The molecule has 0 aliphatic carbocycles. The van der Waals surface area contributed by atoms with Gasteiger partial charge in [-0.3, -0.25) is 10.1 Å². The van der Waals surface area contributed by atoms with E-state index in [0.29, 0.717) is 25.3 Å². The lowest BCUT2D eigenvalue weighted by Gasteiger charge is -2.36. The van der Waals surface area contributed by atoms with Gasteiger partial charge in [0.15, 0.2) is 5.82 Å². The van der Waals surface area contributed by atoms with Crippen molar-refractivity contribution >= 4 is 33.1 Å². The molecule has 0 amide bonds. The number of piperazine rings is 1. The van der Waals surface area contributed by atoms with Crippen LogP contribution in [0.2, 0.25) is 5.02 Å². The summed E-state index contributed by atoms with van der Waals surface area (Å²) < 4.78 is 28.1. The molecule has 1 saturated heterocycles. The molecule has 2 heterocycles. The van der Waals surface area contributed by atoms with E-state index in [1.54, 1.807) is 0 Å². The number of benzene rings is 3. The summed E-state index contributed by atoms with van der Waals surface area (Å²) in [5, 5.41) is 11.2. The molecule has 9 nitrogen and oxygen atoms in total. The zero-order valence-corrected chi connectivity index (χ0v) is 23.7. The van der Waals surface area contributed by atoms with E-state index < -0.39 is 20.6 Å². The highest BCUT2D eigenvalue weighted by molar-refractivity contribution is 7.89. The first-order valence-corrected chi connectivity index (χ1v) is 14.6. The topological polar surface area (TPSA) is 110 Å². The van der Waals surface area contributed by atoms with Crippen LogP contribution in [-0.4, -0.2) is 53.8 Å². The molecule has 0 spiro atoms. The Morgan fingerprint density at radius 1 is 0.925 bits per heavy atom. The van der Waals surface area contributed by atoms with Gasteiger partial charge in [-0.25, -0.2) is 18.4 Å². The van der Waals surface area contributed by atoms with Crippen LogP contribution in [-0.2, 0) is 16.4 Å². The molecular formula is C29H28ClN5O4S. The minimum absolute atomic E-state index is 0.108. The molecule has 0 atom stereocenters. The number of rotatable bonds is 7. The minimum Gasteiger partial charge on any atom is -0.354 e. The van der Waals surface area contributed by atoms with Crippen LogP contribution in [0.4, 0.5) is 11.5 Å². The van der Waals surface area contributed by atoms with E-state index in [0.717, 1.165) is 39.8 Å². The van der Waals surface area contributed by atoms with Crippen molar-refractivity contribution in [1.29, 1.82) is 0 Å². The number of sulfonamides is 1. The average Bonchev–Trinajstić information content (AvgIpc) is 2.95. The molecule has 5 rings (SSSR count). The van der Waals surface area contributed by atoms with E-state index in [1.165, 1.54) is 16.4 Å². The maximum atomic E-state index is 13.4. The lowest BCUT2D eigenvalue weighted by Crippen LogP contribution is -2.49. The van der Waals surface area contributed by atoms with E-state index in [1.807, 2.05) is 56.3 Å². The Morgan fingerprint density at radius 3 is 2.25 bits per heavy atom. The highest BCUT2D eigenvalue weighted by Gasteiger charge is 2.32. The van der Waals surface area contributed by atoms with Crippen LogP contribution in [0.25, 0.3) is 11.4 Å². The van der Waals surface area contributed by atoms with Crippen molar-refractivity contribution in [2.45, 2.75) is 25.2 Å². The van der Waals surface area contributed by atoms with Crippen LogP contribution < -0.4 is 4.90 Å². The van der Waals surface area contributed by atoms with Crippen LogP contribution in [0.3, 0.4) is 0 Å². The third-order valence-corrected chi connectivity index (χ3v) is 9.23. The van der Waals surface area contributed by atoms with Gasteiger partial charge in [0.2, 0.25) is 10.0 Å². The second kappa shape index (κ2) is 11.3. The van der Waals surface area contributed by atoms with Gasteiger partial charge >= 0.3 is 0 Å². The number of nitro benzene ring substituents is 1. The number of hydrogen-bond acceptors (Lipinski definition) is 7. The Labute approximate surface area is 238 Å². The number of aryl methyl sites for hydroxylation is 2. The third-order valence-electron chi connectivity index (χ3n) is 7.02. The number of nitrogens with zero attached hydrogens (tertiary/aromatic N) is 5. The van der Waals surface area contributed by atoms with E-state index in [-0.39, 0.29) is 23.0 Å². The predicted molar refractivity (Wildman–Crippen MR) is 155 cm³/mol. The van der Waals surface area contributed by atoms with Crippen LogP contribution in [0.1, 0.15) is 22.4 Å². The van der Waals surface area contributed by atoms with Crippen LogP contribution in [0.15, 0.2) is 77.7 Å². The molecule has 0 saturated carbocycles. The summed E-state index contributed by atoms with van der Waals surface area (Å²) in [6.07, 6.45) is 0.642. The fourth-order valence-electron chi connectivity index (χ4n) is 4.76. The average molecular weight is 578 g/mol. The SMILES string of the molecule is Cc1ccc(-c2nc(C)c(Cc3ccccc3)c(N3CCN(S(=O)(=O)c4ccc(Cl)c([N+](=O)[O-])c4)CC3)n2)cc1. The molecule has 3 aromatic carbocycles. The van der Waals surface area contributed by atoms with Crippen molar-refractivity contribution in [3.05, 3.63) is 110 Å². The number of nitro groups is 1. The third kappa shape index (κ3) is 5.70. The van der Waals surface area contributed by atoms with Gasteiger partial charge in [-0.05, 0) is 31.5 Å². The fourth-order valence-corrected chi connectivity index (χ4v) is 6.39. The maximum Gasteiger partial charge on any atom is 0.289 e. The van der Waals surface area contributed by atoms with Crippen molar-refractivity contribution in [1.82, 2.24) is 14.3 Å². The van der Waals surface area contributed by atoms with Gasteiger partial charge in [0.1, 0.15) is 10.8 Å². The second-order valence-corrected chi connectivity index (χ2v) is 12.1. The van der Waals surface area contributed by atoms with Gasteiger partial charge in [-0.1, -0.05) is 71.8 Å². The summed E-state index contributed by atoms with van der Waals surface area (Å²) in [6, 6.07) is 21.7. The van der Waals surface area contributed by atoms with Crippen LogP contribution in [0.5, 0.6) is 0 Å². The molecule has 0 N–H and O–H groups in total. The van der Waals surface area contributed by atoms with Gasteiger partial charge in [0, 0.05) is 55.5 Å². The Balaban J connectivity index is 1.45. The fraction of sp³-hybridized carbons (Fsp3) is 0.241. The summed E-state index contributed by atoms with van der Waals surface area (Å²) in [4.78, 5) is 22.4. The summed E-state index contributed by atoms with van der Waals surface area (Å²) in [6.45, 7) is 5.22. The van der Waals surface area contributed by atoms with Gasteiger partial charge in [0.25, 0.3) is 5.69 Å². The Bertz CT molecular complexity index is 1660. The van der Waals surface area contributed by atoms with E-state index in [9.17, 15) is 18.5 Å². The molecule has 1 aromatic heterocycles. The quantitative estimate of drug-likeness (QED) is 0.213. The van der Waals surface area contributed by atoms with E-state index in [2.05, 4.69) is 17.0 Å². The monoisotopic (exact) mass is 577 g/mol. The molecule has 0 radical (unpaired) electrons. The highest BCUT2D eigenvalue weighted by Crippen LogP contribution is 2.31. The van der Waals surface area contributed by atoms with Gasteiger partial charge in [-0.2, -0.15) is 4.31 Å². The Kier molecular flexibility index (Phi) is 7.84. The van der Waals surface area contributed by atoms with Crippen molar-refractivity contribution in [3.63, 3.8) is 0 Å². The highest BCUT2D eigenvalue weighted by atomic mass is 35.5. The summed E-state index contributed by atoms with van der Waals surface area (Å²) >= 11 is 5.90. The molecule has 1 aliphatic heterocycles. The van der Waals surface area contributed by atoms with Crippen LogP contribution >= 0.6 is 11.6 Å². The molecule has 4 aromatic rings. The van der Waals surface area contributed by atoms with Crippen molar-refractivity contribution in [2.24, 2.45) is 0 Å². The standard InChI is InChI=1S/C29H28ClN5O4S/c1-20-8-10-23(11-9-20)28-31-21(2)25(18-22-6-4-3-5-7-22)29(32-28)33-14-16-34(17-15-33)40(38,39)24-12-13-26(30)27(19-24)35(36)37/h3-13,19H,14-18H2,1-2H3. The largest absolute Gasteiger partial charge is 0.354 e. The normalized spacial score (nSPS) is 14.3. The molecule has 1 aliphatic rings. The Hall–Kier alpha value is -3.86. The molecule has 0 bridgehead atoms. The van der Waals surface area contributed by atoms with E-state index in [4.69, 9.17) is 21.6 Å². The van der Waals surface area contributed by atoms with E-state index >= 15 is 0 Å². The number of anilines is 1. The zero-order chi connectivity index (χ0) is 28.4. The first kappa shape index (κ1) is 27.7. The lowest BCUT2D eigenvalue weighted by atomic mass is 10.0. The molecular weight excluding hydrogens is 550 g/mol. The first-order valence-electron chi connectivity index (χ1n) is 12.8. The van der Waals surface area contributed by atoms with Crippen molar-refractivity contribution in [2.75, 3.05) is 31.1 Å². The molecule has 0 unspecified atom stereocenters. The van der Waals surface area contributed by atoms with Gasteiger partial charge < -0.3 is 4.90 Å². The number of aromatic nitrogens is 2. The van der Waals surface area contributed by atoms with Gasteiger partial charge in [0.05, 0.1) is 9.82 Å². The second-order valence-electron chi connectivity index (χ2n) is 9.72. The smallest absolute Gasteiger partial charge is 0.289 e. The molecule has 1 fully saturated rings. The van der Waals surface area contributed by atoms with Crippen molar-refractivity contribution in [3.8, 4) is 11.4 Å². The lowest BCUT2D eigenvalue weighted by molar-refractivity contribution is -0.384. The maximum absolute atomic E-state index is 13.4. The first-order chi connectivity index (χ1) is 19.1. The molecule has 40 heavy (non-hydrogen) atoms. The number of halogens is 1. The summed E-state index contributed by atoms with van der Waals surface area (Å²) in [5.74, 6) is 1.40. The van der Waals surface area contributed by atoms with Crippen LogP contribution in [0, 0.1) is 24.0 Å². The number of hydrogen-bond donors (Lipinski definition) is 0. The minimum atomic E-state index is -3.95. The summed E-state index contributed by atoms with van der Waals surface area (Å²) in [7, 11) is -3.95. The van der Waals surface area contributed by atoms with Crippen molar-refractivity contribution < 1.29 is 13.3 Å².